The van der Waals surface area contributed by atoms with Crippen LogP contribution in [0.5, 0.6) is 5.75 Å². The molecule has 2 aromatic rings. The van der Waals surface area contributed by atoms with Crippen LogP contribution in [0, 0.1) is 6.92 Å². The first-order valence-electron chi connectivity index (χ1n) is 7.47. The summed E-state index contributed by atoms with van der Waals surface area (Å²) in [5.41, 5.74) is 1.92. The molecule has 0 amide bonds. The van der Waals surface area contributed by atoms with Gasteiger partial charge >= 0.3 is 0 Å². The van der Waals surface area contributed by atoms with Crippen molar-refractivity contribution in [3.05, 3.63) is 41.0 Å². The summed E-state index contributed by atoms with van der Waals surface area (Å²) in [5, 5.41) is 18.1. The number of hydrogen-bond acceptors (Lipinski definition) is 4. The first kappa shape index (κ1) is 14.1. The van der Waals surface area contributed by atoms with E-state index < -0.39 is 6.10 Å². The van der Waals surface area contributed by atoms with E-state index in [0.29, 0.717) is 6.61 Å². The number of benzene rings is 1. The summed E-state index contributed by atoms with van der Waals surface area (Å²) >= 11 is 0. The Labute approximate surface area is 124 Å². The summed E-state index contributed by atoms with van der Waals surface area (Å²) in [6, 6.07) is 5.76. The Morgan fingerprint density at radius 2 is 2.19 bits per heavy atom. The number of aryl methyl sites for hydroxylation is 2. The van der Waals surface area contributed by atoms with E-state index in [4.69, 9.17) is 4.74 Å². The van der Waals surface area contributed by atoms with E-state index in [2.05, 4.69) is 14.8 Å². The second-order valence-corrected chi connectivity index (χ2v) is 5.63. The molecule has 112 valence electrons. The van der Waals surface area contributed by atoms with Gasteiger partial charge in [-0.3, -0.25) is 0 Å². The molecule has 0 saturated carbocycles. The van der Waals surface area contributed by atoms with Crippen molar-refractivity contribution in [2.45, 2.75) is 52.4 Å². The smallest absolute Gasteiger partial charge is 0.171 e. The predicted molar refractivity (Wildman–Crippen MR) is 79.1 cm³/mol. The highest BCUT2D eigenvalue weighted by atomic mass is 16.5. The highest BCUT2D eigenvalue weighted by Gasteiger charge is 2.16. The highest BCUT2D eigenvalue weighted by molar-refractivity contribution is 5.37. The molecule has 1 aromatic carbocycles. The summed E-state index contributed by atoms with van der Waals surface area (Å²) in [6.07, 6.45) is 2.93. The summed E-state index contributed by atoms with van der Waals surface area (Å²) in [7, 11) is 0. The lowest BCUT2D eigenvalue weighted by Crippen LogP contribution is -2.14. The molecule has 0 fully saturated rings. The molecule has 21 heavy (non-hydrogen) atoms. The van der Waals surface area contributed by atoms with Crippen LogP contribution in [0.3, 0.4) is 0 Å². The fourth-order valence-corrected chi connectivity index (χ4v) is 2.71. The van der Waals surface area contributed by atoms with Crippen LogP contribution < -0.4 is 4.74 Å². The van der Waals surface area contributed by atoms with E-state index in [0.717, 1.165) is 41.5 Å². The van der Waals surface area contributed by atoms with E-state index in [9.17, 15) is 5.11 Å². The van der Waals surface area contributed by atoms with Crippen molar-refractivity contribution >= 4 is 0 Å². The molecular weight excluding hydrogens is 266 g/mol. The number of ether oxygens (including phenoxy) is 1. The maximum Gasteiger partial charge on any atom is 0.171 e. The lowest BCUT2D eigenvalue weighted by molar-refractivity contribution is 0.199. The largest absolute Gasteiger partial charge is 0.485 e. The number of aliphatic hydroxyl groups excluding tert-OH is 1. The predicted octanol–water partition coefficient (Wildman–Crippen LogP) is 2.56. The third-order valence-electron chi connectivity index (χ3n) is 3.97. The SMILES string of the molecule is Cc1cc(C(C)O)ccc1OCc1nnc2n1CCCC2. The zero-order valence-corrected chi connectivity index (χ0v) is 12.5. The average Bonchev–Trinajstić information content (AvgIpc) is 2.89. The van der Waals surface area contributed by atoms with Gasteiger partial charge < -0.3 is 14.4 Å². The standard InChI is InChI=1S/C16H21N3O2/c1-11-9-13(12(2)20)6-7-14(11)21-10-16-18-17-15-5-3-4-8-19(15)16/h6-7,9,12,20H,3-5,8,10H2,1-2H3. The normalized spacial score (nSPS) is 15.6. The maximum absolute atomic E-state index is 9.59. The molecule has 0 bridgehead atoms. The molecule has 3 rings (SSSR count). The molecule has 2 heterocycles. The van der Waals surface area contributed by atoms with Gasteiger partial charge in [0, 0.05) is 13.0 Å². The Kier molecular flexibility index (Phi) is 3.92. The summed E-state index contributed by atoms with van der Waals surface area (Å²) in [5.74, 6) is 2.79. The van der Waals surface area contributed by atoms with Crippen molar-refractivity contribution in [2.75, 3.05) is 0 Å². The molecule has 1 atom stereocenters. The minimum Gasteiger partial charge on any atom is -0.485 e. The molecule has 1 aliphatic rings. The van der Waals surface area contributed by atoms with E-state index in [1.807, 2.05) is 25.1 Å². The topological polar surface area (TPSA) is 60.2 Å². The van der Waals surface area contributed by atoms with Crippen molar-refractivity contribution in [2.24, 2.45) is 0 Å². The minimum atomic E-state index is -0.457. The molecule has 0 saturated heterocycles. The van der Waals surface area contributed by atoms with E-state index in [-0.39, 0.29) is 0 Å². The van der Waals surface area contributed by atoms with Crippen LogP contribution >= 0.6 is 0 Å². The van der Waals surface area contributed by atoms with Gasteiger partial charge in [-0.1, -0.05) is 6.07 Å². The third-order valence-corrected chi connectivity index (χ3v) is 3.97. The number of hydrogen-bond donors (Lipinski definition) is 1. The summed E-state index contributed by atoms with van der Waals surface area (Å²) < 4.78 is 8.05. The Bertz CT molecular complexity index is 634. The van der Waals surface area contributed by atoms with Crippen molar-refractivity contribution in [1.82, 2.24) is 14.8 Å². The van der Waals surface area contributed by atoms with E-state index >= 15 is 0 Å². The Morgan fingerprint density at radius 3 is 2.95 bits per heavy atom. The maximum atomic E-state index is 9.59. The molecule has 5 nitrogen and oxygen atoms in total. The second kappa shape index (κ2) is 5.85. The fraction of sp³-hybridized carbons (Fsp3) is 0.500. The summed E-state index contributed by atoms with van der Waals surface area (Å²) in [4.78, 5) is 0. The Balaban J connectivity index is 1.72. The van der Waals surface area contributed by atoms with Gasteiger partial charge in [-0.25, -0.2) is 0 Å². The van der Waals surface area contributed by atoms with Crippen molar-refractivity contribution < 1.29 is 9.84 Å². The first-order valence-corrected chi connectivity index (χ1v) is 7.47. The van der Waals surface area contributed by atoms with Gasteiger partial charge in [-0.2, -0.15) is 0 Å². The van der Waals surface area contributed by atoms with Crippen LogP contribution in [0.4, 0.5) is 0 Å². The number of fused-ring (bicyclic) bond motifs is 1. The molecule has 0 spiro atoms. The van der Waals surface area contributed by atoms with Crippen LogP contribution in [0.1, 0.15) is 48.6 Å². The quantitative estimate of drug-likeness (QED) is 0.939. The molecule has 1 aliphatic heterocycles. The van der Waals surface area contributed by atoms with Crippen LogP contribution in [0.2, 0.25) is 0 Å². The second-order valence-electron chi connectivity index (χ2n) is 5.63. The van der Waals surface area contributed by atoms with Gasteiger partial charge in [0.25, 0.3) is 0 Å². The lowest BCUT2D eigenvalue weighted by atomic mass is 10.1. The lowest BCUT2D eigenvalue weighted by Gasteiger charge is -2.16. The highest BCUT2D eigenvalue weighted by Crippen LogP contribution is 2.24. The minimum absolute atomic E-state index is 0.432. The van der Waals surface area contributed by atoms with Crippen LogP contribution in [-0.2, 0) is 19.6 Å². The molecule has 1 aromatic heterocycles. The molecule has 5 heteroatoms. The van der Waals surface area contributed by atoms with E-state index in [1.165, 1.54) is 12.8 Å². The zero-order chi connectivity index (χ0) is 14.8. The molecule has 1 unspecified atom stereocenters. The monoisotopic (exact) mass is 287 g/mol. The fourth-order valence-electron chi connectivity index (χ4n) is 2.71. The van der Waals surface area contributed by atoms with Gasteiger partial charge in [-0.05, 0) is 49.9 Å². The van der Waals surface area contributed by atoms with Crippen molar-refractivity contribution in [1.29, 1.82) is 0 Å². The van der Waals surface area contributed by atoms with Gasteiger partial charge in [-0.15, -0.1) is 10.2 Å². The Hall–Kier alpha value is -1.88. The first-order chi connectivity index (χ1) is 10.1. The van der Waals surface area contributed by atoms with Gasteiger partial charge in [0.1, 0.15) is 18.2 Å². The molecule has 1 N–H and O–H groups in total. The van der Waals surface area contributed by atoms with Crippen LogP contribution in [0.15, 0.2) is 18.2 Å². The molecular formula is C16H21N3O2. The number of nitrogens with zero attached hydrogens (tertiary/aromatic N) is 3. The number of rotatable bonds is 4. The number of aliphatic hydroxyl groups is 1. The summed E-state index contributed by atoms with van der Waals surface area (Å²) in [6.45, 7) is 5.17. The third kappa shape index (κ3) is 2.93. The van der Waals surface area contributed by atoms with Crippen LogP contribution in [-0.4, -0.2) is 19.9 Å². The molecule has 0 radical (unpaired) electrons. The van der Waals surface area contributed by atoms with E-state index in [1.54, 1.807) is 6.92 Å². The number of aromatic nitrogens is 3. The van der Waals surface area contributed by atoms with Gasteiger partial charge in [0.15, 0.2) is 5.82 Å². The van der Waals surface area contributed by atoms with Crippen LogP contribution in [0.25, 0.3) is 0 Å². The van der Waals surface area contributed by atoms with Gasteiger partial charge in [0.2, 0.25) is 0 Å². The Morgan fingerprint density at radius 1 is 1.33 bits per heavy atom. The average molecular weight is 287 g/mol. The molecule has 0 aliphatic carbocycles. The van der Waals surface area contributed by atoms with Crippen molar-refractivity contribution in [3.63, 3.8) is 0 Å². The van der Waals surface area contributed by atoms with Gasteiger partial charge in [0.05, 0.1) is 6.10 Å². The zero-order valence-electron chi connectivity index (χ0n) is 12.5. The van der Waals surface area contributed by atoms with Crippen molar-refractivity contribution in [3.8, 4) is 5.75 Å².